The number of hydrogen-bond donors (Lipinski definition) is 1. The van der Waals surface area contributed by atoms with Gasteiger partial charge in [0.15, 0.2) is 0 Å². The van der Waals surface area contributed by atoms with Gasteiger partial charge >= 0.3 is 0 Å². The normalized spacial score (nSPS) is 19.9. The summed E-state index contributed by atoms with van der Waals surface area (Å²) < 4.78 is 5.29. The average molecular weight is 303 g/mol. The lowest BCUT2D eigenvalue weighted by atomic mass is 10.1. The fourth-order valence-corrected chi connectivity index (χ4v) is 3.07. The maximum absolute atomic E-state index is 12.1. The topological polar surface area (TPSA) is 44.8 Å². The molecule has 0 aromatic heterocycles. The molecule has 0 bridgehead atoms. The van der Waals surface area contributed by atoms with Crippen molar-refractivity contribution in [2.75, 3.05) is 56.2 Å². The Kier molecular flexibility index (Phi) is 5.29. The standard InChI is InChI=1S/C17H25N3O2/c21-17(14-19-10-12-22-13-11-19)18-15-4-6-16(7-5-15)20-8-2-1-3-9-20/h4-7H,1-3,8-14H2,(H,18,21). The van der Waals surface area contributed by atoms with E-state index >= 15 is 0 Å². The molecule has 120 valence electrons. The minimum Gasteiger partial charge on any atom is -0.379 e. The third kappa shape index (κ3) is 4.21. The van der Waals surface area contributed by atoms with Crippen LogP contribution in [0.25, 0.3) is 0 Å². The van der Waals surface area contributed by atoms with Crippen LogP contribution in [0.15, 0.2) is 24.3 Å². The molecule has 0 saturated carbocycles. The van der Waals surface area contributed by atoms with Gasteiger partial charge in [0.25, 0.3) is 0 Å². The maximum Gasteiger partial charge on any atom is 0.238 e. The van der Waals surface area contributed by atoms with Crippen molar-refractivity contribution in [3.63, 3.8) is 0 Å². The van der Waals surface area contributed by atoms with Crippen LogP contribution >= 0.6 is 0 Å². The molecule has 5 heteroatoms. The van der Waals surface area contributed by atoms with Crippen LogP contribution in [0.5, 0.6) is 0 Å². The predicted molar refractivity (Wildman–Crippen MR) is 88.4 cm³/mol. The number of piperidine rings is 1. The molecule has 1 aromatic carbocycles. The van der Waals surface area contributed by atoms with Crippen LogP contribution in [-0.2, 0) is 9.53 Å². The van der Waals surface area contributed by atoms with Gasteiger partial charge in [0.1, 0.15) is 0 Å². The van der Waals surface area contributed by atoms with E-state index in [4.69, 9.17) is 4.74 Å². The van der Waals surface area contributed by atoms with Crippen LogP contribution in [0.4, 0.5) is 11.4 Å². The molecule has 5 nitrogen and oxygen atoms in total. The molecule has 2 heterocycles. The molecule has 2 aliphatic rings. The molecule has 3 rings (SSSR count). The first kappa shape index (κ1) is 15.3. The minimum absolute atomic E-state index is 0.0487. The molecule has 0 unspecified atom stereocenters. The molecule has 22 heavy (non-hydrogen) atoms. The molecular formula is C17H25N3O2. The van der Waals surface area contributed by atoms with Gasteiger partial charge in [-0.2, -0.15) is 0 Å². The molecular weight excluding hydrogens is 278 g/mol. The Balaban J connectivity index is 1.50. The van der Waals surface area contributed by atoms with Crippen LogP contribution in [0.3, 0.4) is 0 Å². The van der Waals surface area contributed by atoms with Gasteiger partial charge < -0.3 is 15.0 Å². The van der Waals surface area contributed by atoms with E-state index in [9.17, 15) is 4.79 Å². The number of morpholine rings is 1. The number of hydrogen-bond acceptors (Lipinski definition) is 4. The Morgan fingerprint density at radius 2 is 1.68 bits per heavy atom. The quantitative estimate of drug-likeness (QED) is 0.923. The lowest BCUT2D eigenvalue weighted by Gasteiger charge is -2.29. The number of ether oxygens (including phenoxy) is 1. The van der Waals surface area contributed by atoms with E-state index in [-0.39, 0.29) is 5.91 Å². The van der Waals surface area contributed by atoms with Gasteiger partial charge in [-0.05, 0) is 43.5 Å². The lowest BCUT2D eigenvalue weighted by Crippen LogP contribution is -2.41. The Labute approximate surface area is 132 Å². The molecule has 2 fully saturated rings. The van der Waals surface area contributed by atoms with Crippen molar-refractivity contribution in [3.8, 4) is 0 Å². The summed E-state index contributed by atoms with van der Waals surface area (Å²) in [5, 5.41) is 2.98. The molecule has 0 spiro atoms. The molecule has 0 atom stereocenters. The largest absolute Gasteiger partial charge is 0.379 e. The number of anilines is 2. The first-order valence-corrected chi connectivity index (χ1v) is 8.26. The Morgan fingerprint density at radius 3 is 2.36 bits per heavy atom. The average Bonchev–Trinajstić information content (AvgIpc) is 2.57. The van der Waals surface area contributed by atoms with E-state index in [1.165, 1.54) is 24.9 Å². The number of nitrogens with zero attached hydrogens (tertiary/aromatic N) is 2. The molecule has 1 aromatic rings. The summed E-state index contributed by atoms with van der Waals surface area (Å²) in [6.45, 7) is 5.83. The SMILES string of the molecule is O=C(CN1CCOCC1)Nc1ccc(N2CCCCC2)cc1. The molecule has 0 radical (unpaired) electrons. The second-order valence-corrected chi connectivity index (χ2v) is 6.03. The fraction of sp³-hybridized carbons (Fsp3) is 0.588. The van der Waals surface area contributed by atoms with Crippen molar-refractivity contribution in [2.45, 2.75) is 19.3 Å². The van der Waals surface area contributed by atoms with Gasteiger partial charge in [0.05, 0.1) is 19.8 Å². The highest BCUT2D eigenvalue weighted by Crippen LogP contribution is 2.21. The van der Waals surface area contributed by atoms with Crippen LogP contribution in [0, 0.1) is 0 Å². The van der Waals surface area contributed by atoms with E-state index < -0.39 is 0 Å². The number of carbonyl (C=O) groups excluding carboxylic acids is 1. The molecule has 2 aliphatic heterocycles. The Bertz CT molecular complexity index is 477. The summed E-state index contributed by atoms with van der Waals surface area (Å²) in [5.41, 5.74) is 2.13. The van der Waals surface area contributed by atoms with Gasteiger partial charge in [0.2, 0.25) is 5.91 Å². The van der Waals surface area contributed by atoms with E-state index in [1.807, 2.05) is 12.1 Å². The van der Waals surface area contributed by atoms with Crippen LogP contribution < -0.4 is 10.2 Å². The Morgan fingerprint density at radius 1 is 1.00 bits per heavy atom. The van der Waals surface area contributed by atoms with Crippen molar-refractivity contribution < 1.29 is 9.53 Å². The number of rotatable bonds is 4. The zero-order valence-corrected chi connectivity index (χ0v) is 13.1. The fourth-order valence-electron chi connectivity index (χ4n) is 3.07. The summed E-state index contributed by atoms with van der Waals surface area (Å²) in [6.07, 6.45) is 3.89. The second kappa shape index (κ2) is 7.61. The van der Waals surface area contributed by atoms with Crippen molar-refractivity contribution in [1.29, 1.82) is 0 Å². The predicted octanol–water partition coefficient (Wildman–Crippen LogP) is 1.95. The molecule has 2 saturated heterocycles. The highest BCUT2D eigenvalue weighted by atomic mass is 16.5. The highest BCUT2D eigenvalue weighted by molar-refractivity contribution is 5.92. The van der Waals surface area contributed by atoms with Crippen molar-refractivity contribution >= 4 is 17.3 Å². The van der Waals surface area contributed by atoms with Gasteiger partial charge in [-0.1, -0.05) is 0 Å². The lowest BCUT2D eigenvalue weighted by molar-refractivity contribution is -0.118. The number of carbonyl (C=O) groups is 1. The van der Waals surface area contributed by atoms with Gasteiger partial charge in [-0.25, -0.2) is 0 Å². The second-order valence-electron chi connectivity index (χ2n) is 6.03. The molecule has 0 aliphatic carbocycles. The summed E-state index contributed by atoms with van der Waals surface area (Å²) in [6, 6.07) is 8.22. The smallest absolute Gasteiger partial charge is 0.238 e. The van der Waals surface area contributed by atoms with Gasteiger partial charge in [-0.15, -0.1) is 0 Å². The van der Waals surface area contributed by atoms with Crippen molar-refractivity contribution in [2.24, 2.45) is 0 Å². The Hall–Kier alpha value is -1.59. The van der Waals surface area contributed by atoms with E-state index in [2.05, 4.69) is 27.2 Å². The van der Waals surface area contributed by atoms with Crippen LogP contribution in [0.1, 0.15) is 19.3 Å². The summed E-state index contributed by atoms with van der Waals surface area (Å²) >= 11 is 0. The third-order valence-corrected chi connectivity index (χ3v) is 4.34. The number of nitrogens with one attached hydrogen (secondary N) is 1. The van der Waals surface area contributed by atoms with Gasteiger partial charge in [0, 0.05) is 37.6 Å². The third-order valence-electron chi connectivity index (χ3n) is 4.34. The van der Waals surface area contributed by atoms with E-state index in [0.717, 1.165) is 45.1 Å². The highest BCUT2D eigenvalue weighted by Gasteiger charge is 2.14. The van der Waals surface area contributed by atoms with Crippen LogP contribution in [0.2, 0.25) is 0 Å². The van der Waals surface area contributed by atoms with Crippen molar-refractivity contribution in [3.05, 3.63) is 24.3 Å². The summed E-state index contributed by atoms with van der Waals surface area (Å²) in [4.78, 5) is 16.6. The first-order chi connectivity index (χ1) is 10.8. The van der Waals surface area contributed by atoms with E-state index in [0.29, 0.717) is 6.54 Å². The molecule has 1 N–H and O–H groups in total. The van der Waals surface area contributed by atoms with Crippen LogP contribution in [-0.4, -0.2) is 56.7 Å². The summed E-state index contributed by atoms with van der Waals surface area (Å²) in [5.74, 6) is 0.0487. The monoisotopic (exact) mass is 303 g/mol. The zero-order valence-electron chi connectivity index (χ0n) is 13.1. The zero-order chi connectivity index (χ0) is 15.2. The first-order valence-electron chi connectivity index (χ1n) is 8.26. The van der Waals surface area contributed by atoms with E-state index in [1.54, 1.807) is 0 Å². The molecule has 1 amide bonds. The minimum atomic E-state index is 0.0487. The van der Waals surface area contributed by atoms with Crippen molar-refractivity contribution in [1.82, 2.24) is 4.90 Å². The van der Waals surface area contributed by atoms with Gasteiger partial charge in [-0.3, -0.25) is 9.69 Å². The number of amides is 1. The number of benzene rings is 1. The maximum atomic E-state index is 12.1. The summed E-state index contributed by atoms with van der Waals surface area (Å²) in [7, 11) is 0.